The van der Waals surface area contributed by atoms with Crippen LogP contribution < -0.4 is 11.5 Å². The molecule has 0 heterocycles. The van der Waals surface area contributed by atoms with Gasteiger partial charge in [0.05, 0.1) is 0 Å². The number of nitrogens with two attached hydrogens (primary N) is 2. The molecule has 3 heteroatoms. The largest absolute Gasteiger partial charge is 0.370 e. The fourth-order valence-electron chi connectivity index (χ4n) is 1.33. The first-order chi connectivity index (χ1) is 4.87. The molecule has 0 radical (unpaired) electrons. The van der Waals surface area contributed by atoms with E-state index in [0.29, 0.717) is 6.42 Å². The zero-order valence-corrected chi connectivity index (χ0v) is 7.18. The van der Waals surface area contributed by atoms with Crippen molar-refractivity contribution in [1.29, 1.82) is 0 Å². The third-order valence-corrected chi connectivity index (χ3v) is 2.92. The average molecular weight is 156 g/mol. The molecule has 1 aliphatic rings. The van der Waals surface area contributed by atoms with Gasteiger partial charge in [-0.2, -0.15) is 0 Å². The first kappa shape index (κ1) is 8.53. The molecule has 1 fully saturated rings. The van der Waals surface area contributed by atoms with E-state index in [0.717, 1.165) is 12.8 Å². The molecule has 4 N–H and O–H groups in total. The Kier molecular flexibility index (Phi) is 1.71. The van der Waals surface area contributed by atoms with Crippen molar-refractivity contribution in [3.05, 3.63) is 0 Å². The smallest absolute Gasteiger partial charge is 0.219 e. The number of amides is 1. The molecular formula is C8H16N2O. The summed E-state index contributed by atoms with van der Waals surface area (Å²) in [6.45, 7) is 4.01. The van der Waals surface area contributed by atoms with Crippen LogP contribution in [0.25, 0.3) is 0 Å². The van der Waals surface area contributed by atoms with E-state index in [-0.39, 0.29) is 11.3 Å². The molecule has 1 saturated carbocycles. The minimum Gasteiger partial charge on any atom is -0.370 e. The highest BCUT2D eigenvalue weighted by molar-refractivity contribution is 5.75. The second-order valence-corrected chi connectivity index (χ2v) is 4.12. The molecule has 0 aromatic carbocycles. The van der Waals surface area contributed by atoms with Gasteiger partial charge >= 0.3 is 0 Å². The van der Waals surface area contributed by atoms with Gasteiger partial charge in [-0.25, -0.2) is 0 Å². The van der Waals surface area contributed by atoms with Crippen LogP contribution in [0, 0.1) is 5.41 Å². The van der Waals surface area contributed by atoms with Crippen LogP contribution in [-0.4, -0.2) is 11.4 Å². The molecule has 0 saturated heterocycles. The van der Waals surface area contributed by atoms with Crippen molar-refractivity contribution in [2.75, 3.05) is 0 Å². The summed E-state index contributed by atoms with van der Waals surface area (Å²) in [6.07, 6.45) is 2.53. The summed E-state index contributed by atoms with van der Waals surface area (Å²) in [5, 5.41) is 0. The standard InChI is InChI=1S/C8H16N2O/c1-7(3-4-7)8(2,10)5-6(9)11/h3-5,10H2,1-2H3,(H2,9,11). The Hall–Kier alpha value is -0.570. The number of hydrogen-bond donors (Lipinski definition) is 2. The van der Waals surface area contributed by atoms with Crippen molar-refractivity contribution in [2.24, 2.45) is 16.9 Å². The van der Waals surface area contributed by atoms with Gasteiger partial charge in [0.15, 0.2) is 0 Å². The van der Waals surface area contributed by atoms with E-state index in [9.17, 15) is 4.79 Å². The zero-order chi connectivity index (χ0) is 8.70. The lowest BCUT2D eigenvalue weighted by Crippen LogP contribution is -2.47. The van der Waals surface area contributed by atoms with Crippen molar-refractivity contribution < 1.29 is 4.79 Å². The molecule has 0 aromatic heterocycles. The van der Waals surface area contributed by atoms with Gasteiger partial charge in [-0.1, -0.05) is 6.92 Å². The molecule has 1 unspecified atom stereocenters. The summed E-state index contributed by atoms with van der Waals surface area (Å²) in [4.78, 5) is 10.6. The lowest BCUT2D eigenvalue weighted by Gasteiger charge is -2.30. The monoisotopic (exact) mass is 156 g/mol. The Morgan fingerprint density at radius 3 is 2.36 bits per heavy atom. The zero-order valence-electron chi connectivity index (χ0n) is 7.18. The van der Waals surface area contributed by atoms with Crippen LogP contribution in [0.4, 0.5) is 0 Å². The maximum atomic E-state index is 10.6. The highest BCUT2D eigenvalue weighted by Gasteiger charge is 2.51. The summed E-state index contributed by atoms with van der Waals surface area (Å²) < 4.78 is 0. The van der Waals surface area contributed by atoms with Gasteiger partial charge in [0.1, 0.15) is 0 Å². The van der Waals surface area contributed by atoms with Crippen LogP contribution in [-0.2, 0) is 4.79 Å². The van der Waals surface area contributed by atoms with E-state index in [1.807, 2.05) is 6.92 Å². The lowest BCUT2D eigenvalue weighted by atomic mass is 9.82. The summed E-state index contributed by atoms with van der Waals surface area (Å²) in [7, 11) is 0. The van der Waals surface area contributed by atoms with Crippen LogP contribution in [0.1, 0.15) is 33.1 Å². The minimum absolute atomic E-state index is 0.155. The predicted octanol–water partition coefficient (Wildman–Crippen LogP) is 0.379. The molecule has 1 atom stereocenters. The van der Waals surface area contributed by atoms with E-state index in [4.69, 9.17) is 11.5 Å². The highest BCUT2D eigenvalue weighted by atomic mass is 16.1. The lowest BCUT2D eigenvalue weighted by molar-refractivity contribution is -0.119. The van der Waals surface area contributed by atoms with Crippen molar-refractivity contribution in [1.82, 2.24) is 0 Å². The molecule has 0 aromatic rings. The number of rotatable bonds is 3. The van der Waals surface area contributed by atoms with E-state index in [1.165, 1.54) is 0 Å². The Morgan fingerprint density at radius 2 is 2.09 bits per heavy atom. The van der Waals surface area contributed by atoms with Crippen LogP contribution in [0.15, 0.2) is 0 Å². The first-order valence-electron chi connectivity index (χ1n) is 3.95. The van der Waals surface area contributed by atoms with Gasteiger partial charge in [-0.15, -0.1) is 0 Å². The molecule has 64 valence electrons. The first-order valence-corrected chi connectivity index (χ1v) is 3.95. The predicted molar refractivity (Wildman–Crippen MR) is 43.7 cm³/mol. The van der Waals surface area contributed by atoms with Crippen molar-refractivity contribution >= 4 is 5.91 Å². The third kappa shape index (κ3) is 1.53. The fourth-order valence-corrected chi connectivity index (χ4v) is 1.33. The van der Waals surface area contributed by atoms with Gasteiger partial charge < -0.3 is 11.5 Å². The molecule has 1 amide bonds. The van der Waals surface area contributed by atoms with E-state index >= 15 is 0 Å². The summed E-state index contributed by atoms with van der Waals surface area (Å²) in [5.74, 6) is -0.303. The quantitative estimate of drug-likeness (QED) is 0.620. The molecule has 0 bridgehead atoms. The van der Waals surface area contributed by atoms with Crippen molar-refractivity contribution in [3.63, 3.8) is 0 Å². The fraction of sp³-hybridized carbons (Fsp3) is 0.875. The Balaban J connectivity index is 2.59. The maximum Gasteiger partial charge on any atom is 0.219 e. The van der Waals surface area contributed by atoms with E-state index in [1.54, 1.807) is 0 Å². The van der Waals surface area contributed by atoms with Crippen LogP contribution >= 0.6 is 0 Å². The van der Waals surface area contributed by atoms with Gasteiger partial charge in [0, 0.05) is 12.0 Å². The number of hydrogen-bond acceptors (Lipinski definition) is 2. The van der Waals surface area contributed by atoms with Crippen LogP contribution in [0.3, 0.4) is 0 Å². The van der Waals surface area contributed by atoms with Gasteiger partial charge in [0.2, 0.25) is 5.91 Å². The van der Waals surface area contributed by atoms with Gasteiger partial charge in [-0.3, -0.25) is 4.79 Å². The molecule has 3 nitrogen and oxygen atoms in total. The molecular weight excluding hydrogens is 140 g/mol. The number of primary amides is 1. The van der Waals surface area contributed by atoms with Crippen molar-refractivity contribution in [2.45, 2.75) is 38.6 Å². The van der Waals surface area contributed by atoms with Gasteiger partial charge in [-0.05, 0) is 25.2 Å². The van der Waals surface area contributed by atoms with Crippen LogP contribution in [0.2, 0.25) is 0 Å². The summed E-state index contributed by atoms with van der Waals surface area (Å²) in [6, 6.07) is 0. The van der Waals surface area contributed by atoms with Gasteiger partial charge in [0.25, 0.3) is 0 Å². The van der Waals surface area contributed by atoms with Crippen LogP contribution in [0.5, 0.6) is 0 Å². The number of carbonyl (C=O) groups is 1. The van der Waals surface area contributed by atoms with Crippen molar-refractivity contribution in [3.8, 4) is 0 Å². The molecule has 11 heavy (non-hydrogen) atoms. The Morgan fingerprint density at radius 1 is 1.64 bits per heavy atom. The topological polar surface area (TPSA) is 69.1 Å². The molecule has 1 rings (SSSR count). The average Bonchev–Trinajstić information content (AvgIpc) is 2.44. The van der Waals surface area contributed by atoms with E-state index in [2.05, 4.69) is 6.92 Å². The number of carbonyl (C=O) groups excluding carboxylic acids is 1. The second kappa shape index (κ2) is 2.21. The highest BCUT2D eigenvalue weighted by Crippen LogP contribution is 2.53. The maximum absolute atomic E-state index is 10.6. The Labute approximate surface area is 67.1 Å². The Bertz CT molecular complexity index is 183. The molecule has 0 spiro atoms. The summed E-state index contributed by atoms with van der Waals surface area (Å²) in [5.41, 5.74) is 10.8. The molecule has 1 aliphatic carbocycles. The van der Waals surface area contributed by atoms with E-state index < -0.39 is 5.54 Å². The third-order valence-electron chi connectivity index (χ3n) is 2.92. The summed E-state index contributed by atoms with van der Waals surface area (Å²) >= 11 is 0. The normalized spacial score (nSPS) is 25.7. The molecule has 0 aliphatic heterocycles. The minimum atomic E-state index is -0.404. The second-order valence-electron chi connectivity index (χ2n) is 4.12. The SMILES string of the molecule is CC(N)(CC(N)=O)C1(C)CC1.